The van der Waals surface area contributed by atoms with Crippen molar-refractivity contribution in [3.05, 3.63) is 24.5 Å². The van der Waals surface area contributed by atoms with Gasteiger partial charge in [-0.2, -0.15) is 4.98 Å². The minimum absolute atomic E-state index is 0.0696. The zero-order chi connectivity index (χ0) is 16.0. The van der Waals surface area contributed by atoms with Crippen molar-refractivity contribution in [3.8, 4) is 11.4 Å². The maximum atomic E-state index is 11.9. The lowest BCUT2D eigenvalue weighted by molar-refractivity contribution is -0.121. The smallest absolute Gasteiger partial charge is 0.227 e. The van der Waals surface area contributed by atoms with Gasteiger partial charge in [0.1, 0.15) is 6.26 Å². The van der Waals surface area contributed by atoms with Crippen molar-refractivity contribution in [1.29, 1.82) is 0 Å². The second-order valence-corrected chi connectivity index (χ2v) is 5.37. The standard InChI is InChI=1S/C15H22N4O3/c1-3-15(16,4-2)10-17-12(20)5-6-13-18-14(19-22-13)11-7-8-21-9-11/h7-9H,3-6,10,16H2,1-2H3,(H,17,20). The summed E-state index contributed by atoms with van der Waals surface area (Å²) in [6.45, 7) is 4.51. The molecule has 2 heterocycles. The molecule has 0 spiro atoms. The molecule has 0 aliphatic rings. The van der Waals surface area contributed by atoms with Crippen LogP contribution in [0.3, 0.4) is 0 Å². The quantitative estimate of drug-likeness (QED) is 0.771. The largest absolute Gasteiger partial charge is 0.472 e. The number of hydrogen-bond donors (Lipinski definition) is 2. The Hall–Kier alpha value is -2.15. The first-order chi connectivity index (χ1) is 10.6. The minimum atomic E-state index is -0.339. The maximum Gasteiger partial charge on any atom is 0.227 e. The van der Waals surface area contributed by atoms with Crippen LogP contribution in [0.2, 0.25) is 0 Å². The number of hydrogen-bond acceptors (Lipinski definition) is 6. The molecular weight excluding hydrogens is 284 g/mol. The van der Waals surface area contributed by atoms with E-state index in [1.54, 1.807) is 12.3 Å². The SMILES string of the molecule is CCC(N)(CC)CNC(=O)CCc1nc(-c2ccoc2)no1. The zero-order valence-electron chi connectivity index (χ0n) is 13.0. The van der Waals surface area contributed by atoms with Crippen molar-refractivity contribution < 1.29 is 13.7 Å². The highest BCUT2D eigenvalue weighted by atomic mass is 16.5. The van der Waals surface area contributed by atoms with E-state index in [9.17, 15) is 4.79 Å². The van der Waals surface area contributed by atoms with Crippen LogP contribution in [0.1, 0.15) is 39.0 Å². The number of rotatable bonds is 8. The van der Waals surface area contributed by atoms with Crippen LogP contribution in [0.4, 0.5) is 0 Å². The monoisotopic (exact) mass is 306 g/mol. The van der Waals surface area contributed by atoms with Gasteiger partial charge in [0.2, 0.25) is 17.6 Å². The molecule has 2 aromatic heterocycles. The van der Waals surface area contributed by atoms with Crippen LogP contribution in [0.15, 0.2) is 27.5 Å². The first-order valence-corrected chi connectivity index (χ1v) is 7.47. The van der Waals surface area contributed by atoms with Crippen molar-refractivity contribution >= 4 is 5.91 Å². The normalized spacial score (nSPS) is 11.6. The third-order valence-corrected chi connectivity index (χ3v) is 3.86. The molecule has 120 valence electrons. The Balaban J connectivity index is 1.79. The van der Waals surface area contributed by atoms with Gasteiger partial charge in [0.05, 0.1) is 11.8 Å². The fourth-order valence-electron chi connectivity index (χ4n) is 1.95. The molecule has 2 aromatic rings. The molecule has 0 unspecified atom stereocenters. The van der Waals surface area contributed by atoms with E-state index >= 15 is 0 Å². The van der Waals surface area contributed by atoms with Gasteiger partial charge in [-0.15, -0.1) is 0 Å². The molecule has 3 N–H and O–H groups in total. The van der Waals surface area contributed by atoms with Gasteiger partial charge in [-0.1, -0.05) is 19.0 Å². The molecule has 22 heavy (non-hydrogen) atoms. The Morgan fingerprint density at radius 2 is 2.18 bits per heavy atom. The van der Waals surface area contributed by atoms with Gasteiger partial charge in [-0.3, -0.25) is 4.79 Å². The number of aromatic nitrogens is 2. The summed E-state index contributed by atoms with van der Waals surface area (Å²) in [5.74, 6) is 0.818. The van der Waals surface area contributed by atoms with Crippen molar-refractivity contribution in [2.45, 2.75) is 45.1 Å². The number of aryl methyl sites for hydroxylation is 1. The summed E-state index contributed by atoms with van der Waals surface area (Å²) < 4.78 is 10.1. The van der Waals surface area contributed by atoms with Crippen molar-refractivity contribution in [1.82, 2.24) is 15.5 Å². The average Bonchev–Trinajstić information content (AvgIpc) is 3.21. The number of amides is 1. The van der Waals surface area contributed by atoms with Gasteiger partial charge in [-0.25, -0.2) is 0 Å². The lowest BCUT2D eigenvalue weighted by atomic mass is 9.94. The summed E-state index contributed by atoms with van der Waals surface area (Å²) in [5.41, 5.74) is 6.55. The number of carbonyl (C=O) groups excluding carboxylic acids is 1. The van der Waals surface area contributed by atoms with E-state index in [-0.39, 0.29) is 17.9 Å². The van der Waals surface area contributed by atoms with E-state index in [4.69, 9.17) is 14.7 Å². The van der Waals surface area contributed by atoms with Crippen LogP contribution in [-0.2, 0) is 11.2 Å². The molecule has 0 saturated carbocycles. The number of nitrogens with one attached hydrogen (secondary N) is 1. The van der Waals surface area contributed by atoms with Gasteiger partial charge < -0.3 is 20.0 Å². The predicted octanol–water partition coefficient (Wildman–Crippen LogP) is 1.90. The highest BCUT2D eigenvalue weighted by Crippen LogP contribution is 2.16. The Morgan fingerprint density at radius 1 is 1.41 bits per heavy atom. The molecule has 0 radical (unpaired) electrons. The average molecular weight is 306 g/mol. The van der Waals surface area contributed by atoms with Crippen LogP contribution in [-0.4, -0.2) is 28.1 Å². The van der Waals surface area contributed by atoms with E-state index in [2.05, 4.69) is 15.5 Å². The van der Waals surface area contributed by atoms with E-state index in [0.29, 0.717) is 24.7 Å². The fraction of sp³-hybridized carbons (Fsp3) is 0.533. The molecule has 0 atom stereocenters. The Kier molecular flexibility index (Phi) is 5.32. The minimum Gasteiger partial charge on any atom is -0.472 e. The lowest BCUT2D eigenvalue weighted by Gasteiger charge is -2.26. The summed E-state index contributed by atoms with van der Waals surface area (Å²) in [6, 6.07) is 1.75. The molecule has 0 aliphatic heterocycles. The van der Waals surface area contributed by atoms with Gasteiger partial charge in [0.15, 0.2) is 0 Å². The summed E-state index contributed by atoms with van der Waals surface area (Å²) in [4.78, 5) is 16.1. The van der Waals surface area contributed by atoms with Crippen LogP contribution in [0, 0.1) is 0 Å². The van der Waals surface area contributed by atoms with Crippen LogP contribution in [0.25, 0.3) is 11.4 Å². The van der Waals surface area contributed by atoms with E-state index in [1.807, 2.05) is 13.8 Å². The molecular formula is C15H22N4O3. The van der Waals surface area contributed by atoms with E-state index in [1.165, 1.54) is 6.26 Å². The first kappa shape index (κ1) is 16.2. The van der Waals surface area contributed by atoms with Gasteiger partial charge in [0.25, 0.3) is 0 Å². The van der Waals surface area contributed by atoms with Crippen LogP contribution < -0.4 is 11.1 Å². The van der Waals surface area contributed by atoms with Crippen molar-refractivity contribution in [3.63, 3.8) is 0 Å². The molecule has 0 saturated heterocycles. The van der Waals surface area contributed by atoms with E-state index in [0.717, 1.165) is 18.4 Å². The highest BCUT2D eigenvalue weighted by Gasteiger charge is 2.21. The van der Waals surface area contributed by atoms with Crippen molar-refractivity contribution in [2.75, 3.05) is 6.54 Å². The number of nitrogens with two attached hydrogens (primary N) is 1. The molecule has 0 bridgehead atoms. The summed E-state index contributed by atoms with van der Waals surface area (Å²) >= 11 is 0. The molecule has 2 rings (SSSR count). The van der Waals surface area contributed by atoms with Crippen LogP contribution >= 0.6 is 0 Å². The van der Waals surface area contributed by atoms with E-state index < -0.39 is 0 Å². The molecule has 0 aliphatic carbocycles. The first-order valence-electron chi connectivity index (χ1n) is 7.47. The Morgan fingerprint density at radius 3 is 2.82 bits per heavy atom. The molecule has 0 aromatic carbocycles. The fourth-order valence-corrected chi connectivity index (χ4v) is 1.95. The molecule has 7 nitrogen and oxygen atoms in total. The summed E-state index contributed by atoms with van der Waals surface area (Å²) in [5, 5.41) is 6.71. The van der Waals surface area contributed by atoms with Gasteiger partial charge >= 0.3 is 0 Å². The second-order valence-electron chi connectivity index (χ2n) is 5.37. The number of carbonyl (C=O) groups is 1. The third kappa shape index (κ3) is 4.17. The molecule has 0 fully saturated rings. The second kappa shape index (κ2) is 7.22. The lowest BCUT2D eigenvalue weighted by Crippen LogP contribution is -2.49. The maximum absolute atomic E-state index is 11.9. The van der Waals surface area contributed by atoms with Crippen LogP contribution in [0.5, 0.6) is 0 Å². The summed E-state index contributed by atoms with van der Waals surface area (Å²) in [7, 11) is 0. The topological polar surface area (TPSA) is 107 Å². The zero-order valence-corrected chi connectivity index (χ0v) is 13.0. The number of furan rings is 1. The van der Waals surface area contributed by atoms with Gasteiger partial charge in [-0.05, 0) is 18.9 Å². The highest BCUT2D eigenvalue weighted by molar-refractivity contribution is 5.76. The molecule has 7 heteroatoms. The third-order valence-electron chi connectivity index (χ3n) is 3.86. The Bertz CT molecular complexity index is 588. The van der Waals surface area contributed by atoms with Crippen molar-refractivity contribution in [2.24, 2.45) is 5.73 Å². The number of nitrogens with zero attached hydrogens (tertiary/aromatic N) is 2. The predicted molar refractivity (Wildman–Crippen MR) is 80.8 cm³/mol. The Labute approximate surface area is 129 Å². The summed E-state index contributed by atoms with van der Waals surface area (Å²) in [6.07, 6.45) is 5.41. The molecule has 1 amide bonds. The van der Waals surface area contributed by atoms with Gasteiger partial charge in [0, 0.05) is 24.9 Å².